The largest absolute Gasteiger partial charge is 0.481 e. The highest BCUT2D eigenvalue weighted by Gasteiger charge is 2.38. The number of hydrogen-bond donors (Lipinski definition) is 1. The second-order valence-corrected chi connectivity index (χ2v) is 7.97. The molecule has 1 aromatic heterocycles. The molecule has 1 amide bonds. The number of benzene rings is 1. The third-order valence-corrected chi connectivity index (χ3v) is 5.86. The molecule has 0 aliphatic carbocycles. The van der Waals surface area contributed by atoms with Crippen LogP contribution in [-0.4, -0.2) is 52.8 Å². The van der Waals surface area contributed by atoms with Crippen molar-refractivity contribution in [2.45, 2.75) is 44.7 Å². The van der Waals surface area contributed by atoms with Gasteiger partial charge in [-0.1, -0.05) is 12.1 Å². The zero-order chi connectivity index (χ0) is 21.3. The number of carbonyl (C=O) groups excluding carboxylic acids is 1. The van der Waals surface area contributed by atoms with Crippen molar-refractivity contribution >= 4 is 11.7 Å². The number of aromatic nitrogens is 2. The van der Waals surface area contributed by atoms with Gasteiger partial charge in [-0.25, -0.2) is 17.9 Å². The van der Waals surface area contributed by atoms with Gasteiger partial charge in [-0.05, 0) is 44.2 Å². The molecule has 9 heteroatoms. The van der Waals surface area contributed by atoms with Crippen molar-refractivity contribution in [2.24, 2.45) is 5.92 Å². The molecule has 1 aromatic carbocycles. The molecule has 1 unspecified atom stereocenters. The summed E-state index contributed by atoms with van der Waals surface area (Å²) in [5.74, 6) is -0.0678. The minimum absolute atomic E-state index is 0.0387. The van der Waals surface area contributed by atoms with E-state index in [2.05, 4.69) is 10.4 Å². The first-order chi connectivity index (χ1) is 14.4. The molecule has 2 aromatic rings. The number of piperidine rings is 1. The second-order valence-electron chi connectivity index (χ2n) is 7.97. The maximum atomic E-state index is 13.7. The average molecular weight is 422 g/mol. The van der Waals surface area contributed by atoms with E-state index in [4.69, 9.17) is 4.74 Å². The van der Waals surface area contributed by atoms with Crippen molar-refractivity contribution in [2.75, 3.05) is 25.0 Å². The number of alkyl halides is 2. The minimum Gasteiger partial charge on any atom is -0.481 e. The van der Waals surface area contributed by atoms with Crippen LogP contribution < -0.4 is 10.1 Å². The monoisotopic (exact) mass is 422 g/mol. The molecule has 4 rings (SSSR count). The average Bonchev–Trinajstić information content (AvgIpc) is 3.12. The topological polar surface area (TPSA) is 59.4 Å². The van der Waals surface area contributed by atoms with Gasteiger partial charge in [-0.15, -0.1) is 0 Å². The fourth-order valence-corrected chi connectivity index (χ4v) is 4.36. The van der Waals surface area contributed by atoms with Crippen molar-refractivity contribution in [1.82, 2.24) is 14.7 Å². The van der Waals surface area contributed by atoms with Gasteiger partial charge in [-0.3, -0.25) is 4.79 Å². The smallest absolute Gasteiger partial charge is 0.260 e. The van der Waals surface area contributed by atoms with Crippen molar-refractivity contribution in [3.05, 3.63) is 41.8 Å². The summed E-state index contributed by atoms with van der Waals surface area (Å²) in [4.78, 5) is 14.3. The number of halogens is 3. The summed E-state index contributed by atoms with van der Waals surface area (Å²) in [6.45, 7) is 2.57. The number of hydrogen-bond acceptors (Lipinski definition) is 4. The predicted octanol–water partition coefficient (Wildman–Crippen LogP) is 3.64. The number of likely N-dealkylation sites (tertiary alicyclic amines) is 1. The third-order valence-electron chi connectivity index (χ3n) is 5.86. The van der Waals surface area contributed by atoms with Crippen molar-refractivity contribution in [1.29, 1.82) is 0 Å². The molecule has 0 radical (unpaired) electrons. The molecule has 3 atom stereocenters. The molecule has 0 saturated carbocycles. The lowest BCUT2D eigenvalue weighted by Crippen LogP contribution is -2.49. The van der Waals surface area contributed by atoms with Crippen LogP contribution >= 0.6 is 0 Å². The lowest BCUT2D eigenvalue weighted by molar-refractivity contribution is -0.135. The van der Waals surface area contributed by atoms with Gasteiger partial charge in [0.15, 0.2) is 18.2 Å². The van der Waals surface area contributed by atoms with Gasteiger partial charge in [0, 0.05) is 25.2 Å². The number of para-hydroxylation sites is 1. The molecule has 6 nitrogen and oxygen atoms in total. The minimum atomic E-state index is -2.51. The Morgan fingerprint density at radius 1 is 1.37 bits per heavy atom. The Bertz CT molecular complexity index is 904. The van der Waals surface area contributed by atoms with E-state index in [0.29, 0.717) is 24.6 Å². The van der Waals surface area contributed by atoms with Gasteiger partial charge in [0.25, 0.3) is 12.3 Å². The summed E-state index contributed by atoms with van der Waals surface area (Å²) in [5, 5.41) is 7.54. The van der Waals surface area contributed by atoms with Crippen LogP contribution in [0, 0.1) is 18.7 Å². The molecule has 1 fully saturated rings. The Morgan fingerprint density at radius 2 is 2.17 bits per heavy atom. The molecule has 2 aliphatic heterocycles. The maximum absolute atomic E-state index is 13.7. The number of anilines is 1. The number of nitrogens with zero attached hydrogens (tertiary/aromatic N) is 3. The van der Waals surface area contributed by atoms with Crippen molar-refractivity contribution < 1.29 is 22.7 Å². The standard InChI is InChI=1S/C21H25F3N4O2/c1-13-9-19-25-16(10-17(21(23)24)28(19)26-13)14-5-4-8-27(11-14)20(29)12-30-18-7-3-2-6-15(18)22/h2-3,6-7,9,14,16-17,21,25H,4-5,8,10-12H2,1H3/t14?,16-,17+/m0/s1. The van der Waals surface area contributed by atoms with Crippen LogP contribution in [0.1, 0.15) is 31.0 Å². The summed E-state index contributed by atoms with van der Waals surface area (Å²) in [6, 6.07) is 6.57. The zero-order valence-electron chi connectivity index (χ0n) is 16.7. The summed E-state index contributed by atoms with van der Waals surface area (Å²) in [7, 11) is 0. The number of aryl methyl sites for hydroxylation is 1. The highest BCUT2D eigenvalue weighted by atomic mass is 19.3. The zero-order valence-corrected chi connectivity index (χ0v) is 16.7. The van der Waals surface area contributed by atoms with E-state index in [1.165, 1.54) is 16.8 Å². The summed E-state index contributed by atoms with van der Waals surface area (Å²) >= 11 is 0. The first kappa shape index (κ1) is 20.6. The van der Waals surface area contributed by atoms with E-state index in [-0.39, 0.29) is 36.6 Å². The van der Waals surface area contributed by atoms with Gasteiger partial charge in [0.05, 0.1) is 5.69 Å². The SMILES string of the molecule is Cc1cc2n(n1)[C@@H](C(F)F)C[C@@H](C1CCCN(C(=O)COc3ccccc3F)C1)N2. The van der Waals surface area contributed by atoms with Gasteiger partial charge < -0.3 is 15.0 Å². The summed E-state index contributed by atoms with van der Waals surface area (Å²) < 4.78 is 47.7. The molecule has 30 heavy (non-hydrogen) atoms. The van der Waals surface area contributed by atoms with E-state index in [9.17, 15) is 18.0 Å². The van der Waals surface area contributed by atoms with Crippen LogP contribution in [-0.2, 0) is 4.79 Å². The van der Waals surface area contributed by atoms with Crippen LogP contribution in [0.2, 0.25) is 0 Å². The van der Waals surface area contributed by atoms with Crippen LogP contribution in [0.4, 0.5) is 19.0 Å². The predicted molar refractivity (Wildman–Crippen MR) is 105 cm³/mol. The number of fused-ring (bicyclic) bond motifs is 1. The fourth-order valence-electron chi connectivity index (χ4n) is 4.36. The molecule has 162 valence electrons. The Balaban J connectivity index is 1.40. The number of carbonyl (C=O) groups is 1. The van der Waals surface area contributed by atoms with Gasteiger partial charge in [-0.2, -0.15) is 5.10 Å². The highest BCUT2D eigenvalue weighted by Crippen LogP contribution is 2.36. The normalized spacial score (nSPS) is 23.8. The van der Waals surface area contributed by atoms with Crippen LogP contribution in [0.5, 0.6) is 5.75 Å². The molecular formula is C21H25F3N4O2. The van der Waals surface area contributed by atoms with E-state index in [0.717, 1.165) is 12.8 Å². The molecule has 1 N–H and O–H groups in total. The lowest BCUT2D eigenvalue weighted by Gasteiger charge is -2.41. The van der Waals surface area contributed by atoms with E-state index in [1.54, 1.807) is 30.0 Å². The number of amides is 1. The van der Waals surface area contributed by atoms with Gasteiger partial charge in [0.1, 0.15) is 11.9 Å². The van der Waals surface area contributed by atoms with Crippen LogP contribution in [0.25, 0.3) is 0 Å². The highest BCUT2D eigenvalue weighted by molar-refractivity contribution is 5.77. The first-order valence-corrected chi connectivity index (χ1v) is 10.2. The molecular weight excluding hydrogens is 397 g/mol. The molecule has 1 saturated heterocycles. The number of nitrogens with one attached hydrogen (secondary N) is 1. The summed E-state index contributed by atoms with van der Waals surface area (Å²) in [5.41, 5.74) is 0.689. The second kappa shape index (κ2) is 8.57. The van der Waals surface area contributed by atoms with E-state index >= 15 is 0 Å². The van der Waals surface area contributed by atoms with E-state index < -0.39 is 18.3 Å². The molecule has 0 spiro atoms. The Hall–Kier alpha value is -2.71. The van der Waals surface area contributed by atoms with E-state index in [1.807, 2.05) is 0 Å². The third kappa shape index (κ3) is 4.24. The number of rotatable bonds is 5. The van der Waals surface area contributed by atoms with Crippen molar-refractivity contribution in [3.63, 3.8) is 0 Å². The van der Waals surface area contributed by atoms with Crippen LogP contribution in [0.3, 0.4) is 0 Å². The number of ether oxygens (including phenoxy) is 1. The van der Waals surface area contributed by atoms with Gasteiger partial charge in [0.2, 0.25) is 0 Å². The Morgan fingerprint density at radius 3 is 2.93 bits per heavy atom. The molecule has 3 heterocycles. The Kier molecular flexibility index (Phi) is 5.87. The molecule has 0 bridgehead atoms. The Labute approximate surface area is 173 Å². The summed E-state index contributed by atoms with van der Waals surface area (Å²) in [6.07, 6.45) is -0.627. The lowest BCUT2D eigenvalue weighted by atomic mass is 9.86. The van der Waals surface area contributed by atoms with Crippen LogP contribution in [0.15, 0.2) is 30.3 Å². The molecule has 2 aliphatic rings. The first-order valence-electron chi connectivity index (χ1n) is 10.2. The maximum Gasteiger partial charge on any atom is 0.260 e. The van der Waals surface area contributed by atoms with Gasteiger partial charge >= 0.3 is 0 Å². The van der Waals surface area contributed by atoms with Crippen molar-refractivity contribution in [3.8, 4) is 5.75 Å². The quantitative estimate of drug-likeness (QED) is 0.799. The fraction of sp³-hybridized carbons (Fsp3) is 0.524.